The number of carbonyl (C=O) groups is 3. The molecule has 146 valence electrons. The number of ether oxygens (including phenoxy) is 1. The van der Waals surface area contributed by atoms with Gasteiger partial charge in [0.2, 0.25) is 0 Å². The number of hydrogen-bond acceptors (Lipinski definition) is 4. The van der Waals surface area contributed by atoms with E-state index in [2.05, 4.69) is 10.9 Å². The van der Waals surface area contributed by atoms with Gasteiger partial charge in [-0.1, -0.05) is 60.2 Å². The smallest absolute Gasteiger partial charge is 0.338 e. The number of carbonyl (C=O) groups excluding carboxylic acids is 3. The van der Waals surface area contributed by atoms with Gasteiger partial charge in [0.25, 0.3) is 11.8 Å². The molecule has 0 saturated carbocycles. The molecule has 0 saturated heterocycles. The predicted molar refractivity (Wildman–Crippen MR) is 109 cm³/mol. The summed E-state index contributed by atoms with van der Waals surface area (Å²) in [6, 6.07) is 23.6. The highest BCUT2D eigenvalue weighted by Crippen LogP contribution is 2.19. The molecule has 0 aliphatic carbocycles. The van der Waals surface area contributed by atoms with Crippen LogP contribution in [0.1, 0.15) is 26.3 Å². The highest BCUT2D eigenvalue weighted by Gasteiger charge is 2.12. The third kappa shape index (κ3) is 5.52. The van der Waals surface area contributed by atoms with Gasteiger partial charge in [-0.25, -0.2) is 4.79 Å². The van der Waals surface area contributed by atoms with Crippen molar-refractivity contribution in [3.05, 3.63) is 95.6 Å². The fourth-order valence-electron chi connectivity index (χ4n) is 2.58. The summed E-state index contributed by atoms with van der Waals surface area (Å²) in [5, 5.41) is 0. The number of esters is 1. The van der Waals surface area contributed by atoms with Crippen molar-refractivity contribution in [2.24, 2.45) is 0 Å². The Morgan fingerprint density at radius 2 is 1.31 bits per heavy atom. The van der Waals surface area contributed by atoms with Crippen molar-refractivity contribution in [2.75, 3.05) is 6.61 Å². The van der Waals surface area contributed by atoms with Gasteiger partial charge in [-0.2, -0.15) is 0 Å². The first-order chi connectivity index (χ1) is 14.0. The quantitative estimate of drug-likeness (QED) is 0.519. The van der Waals surface area contributed by atoms with Gasteiger partial charge in [-0.15, -0.1) is 0 Å². The number of hydrazine groups is 1. The Morgan fingerprint density at radius 1 is 0.724 bits per heavy atom. The van der Waals surface area contributed by atoms with E-state index < -0.39 is 24.4 Å². The first-order valence-electron chi connectivity index (χ1n) is 9.01. The summed E-state index contributed by atoms with van der Waals surface area (Å²) < 4.78 is 4.99. The van der Waals surface area contributed by atoms with Crippen LogP contribution >= 0.6 is 0 Å². The Bertz CT molecular complexity index is 997. The molecule has 0 unspecified atom stereocenters. The van der Waals surface area contributed by atoms with E-state index in [1.54, 1.807) is 36.4 Å². The highest BCUT2D eigenvalue weighted by molar-refractivity contribution is 5.96. The van der Waals surface area contributed by atoms with Crippen molar-refractivity contribution in [2.45, 2.75) is 6.92 Å². The number of hydrogen-bond donors (Lipinski definition) is 2. The van der Waals surface area contributed by atoms with Crippen molar-refractivity contribution in [1.29, 1.82) is 0 Å². The van der Waals surface area contributed by atoms with Crippen LogP contribution in [0.4, 0.5) is 0 Å². The van der Waals surface area contributed by atoms with E-state index >= 15 is 0 Å². The van der Waals surface area contributed by atoms with Gasteiger partial charge in [0.15, 0.2) is 6.61 Å². The van der Waals surface area contributed by atoms with Gasteiger partial charge in [0.1, 0.15) is 0 Å². The molecule has 3 rings (SSSR count). The van der Waals surface area contributed by atoms with Crippen LogP contribution in [0.3, 0.4) is 0 Å². The van der Waals surface area contributed by atoms with E-state index in [4.69, 9.17) is 4.74 Å². The molecule has 0 aromatic heterocycles. The summed E-state index contributed by atoms with van der Waals surface area (Å²) in [5.41, 5.74) is 8.27. The number of aryl methyl sites for hydroxylation is 1. The molecular weight excluding hydrogens is 368 g/mol. The number of amides is 2. The van der Waals surface area contributed by atoms with Crippen LogP contribution in [0.5, 0.6) is 0 Å². The lowest BCUT2D eigenvalue weighted by Gasteiger charge is -2.09. The van der Waals surface area contributed by atoms with E-state index in [9.17, 15) is 14.4 Å². The zero-order valence-corrected chi connectivity index (χ0v) is 15.8. The standard InChI is InChI=1S/C23H20N2O4/c1-16-7-9-19(10-8-16)22(27)25-24-21(26)15-29-23(28)20-13-11-18(12-14-20)17-5-3-2-4-6-17/h2-14H,15H2,1H3,(H,24,26)(H,25,27). The van der Waals surface area contributed by atoms with Crippen molar-refractivity contribution >= 4 is 17.8 Å². The van der Waals surface area contributed by atoms with Gasteiger partial charge >= 0.3 is 5.97 Å². The van der Waals surface area contributed by atoms with Crippen LogP contribution in [-0.2, 0) is 9.53 Å². The molecule has 6 heteroatoms. The minimum absolute atomic E-state index is 0.334. The van der Waals surface area contributed by atoms with Crippen LogP contribution in [0, 0.1) is 6.92 Å². The molecule has 0 radical (unpaired) electrons. The molecule has 0 bridgehead atoms. The van der Waals surface area contributed by atoms with Crippen LogP contribution in [0.2, 0.25) is 0 Å². The van der Waals surface area contributed by atoms with E-state index in [1.807, 2.05) is 49.4 Å². The summed E-state index contributed by atoms with van der Waals surface area (Å²) in [5.74, 6) is -1.72. The maximum Gasteiger partial charge on any atom is 0.338 e. The lowest BCUT2D eigenvalue weighted by atomic mass is 10.0. The molecule has 0 fully saturated rings. The Hall–Kier alpha value is -3.93. The lowest BCUT2D eigenvalue weighted by Crippen LogP contribution is -2.43. The van der Waals surface area contributed by atoms with Gasteiger partial charge in [-0.3, -0.25) is 20.4 Å². The highest BCUT2D eigenvalue weighted by atomic mass is 16.5. The molecule has 0 aliphatic heterocycles. The van der Waals surface area contributed by atoms with Gasteiger partial charge in [0.05, 0.1) is 5.56 Å². The Labute approximate surface area is 168 Å². The summed E-state index contributed by atoms with van der Waals surface area (Å²) >= 11 is 0. The molecule has 0 atom stereocenters. The van der Waals surface area contributed by atoms with Gasteiger partial charge in [-0.05, 0) is 42.3 Å². The average molecular weight is 388 g/mol. The molecule has 2 amide bonds. The lowest BCUT2D eigenvalue weighted by molar-refractivity contribution is -0.125. The second-order valence-electron chi connectivity index (χ2n) is 6.39. The van der Waals surface area contributed by atoms with E-state index in [-0.39, 0.29) is 0 Å². The minimum atomic E-state index is -0.639. The summed E-state index contributed by atoms with van der Waals surface area (Å²) in [7, 11) is 0. The van der Waals surface area contributed by atoms with Crippen LogP contribution in [0.25, 0.3) is 11.1 Å². The topological polar surface area (TPSA) is 84.5 Å². The van der Waals surface area contributed by atoms with Crippen LogP contribution < -0.4 is 10.9 Å². The Morgan fingerprint density at radius 3 is 1.97 bits per heavy atom. The fourth-order valence-corrected chi connectivity index (χ4v) is 2.58. The fraction of sp³-hybridized carbons (Fsp3) is 0.0870. The summed E-state index contributed by atoms with van der Waals surface area (Å²) in [6.45, 7) is 1.40. The molecule has 29 heavy (non-hydrogen) atoms. The van der Waals surface area contributed by atoms with Crippen LogP contribution in [0.15, 0.2) is 78.9 Å². The SMILES string of the molecule is Cc1ccc(C(=O)NNC(=O)COC(=O)c2ccc(-c3ccccc3)cc2)cc1. The Kier molecular flexibility index (Phi) is 6.37. The zero-order chi connectivity index (χ0) is 20.6. The maximum absolute atomic E-state index is 12.1. The second kappa shape index (κ2) is 9.32. The maximum atomic E-state index is 12.1. The molecule has 0 aliphatic rings. The molecular formula is C23H20N2O4. The molecule has 3 aromatic rings. The molecule has 2 N–H and O–H groups in total. The summed E-state index contributed by atoms with van der Waals surface area (Å²) in [6.07, 6.45) is 0. The number of benzene rings is 3. The van der Waals surface area contributed by atoms with Crippen molar-refractivity contribution in [3.8, 4) is 11.1 Å². The van der Waals surface area contributed by atoms with Crippen molar-refractivity contribution in [1.82, 2.24) is 10.9 Å². The van der Waals surface area contributed by atoms with Crippen molar-refractivity contribution < 1.29 is 19.1 Å². The third-order valence-corrected chi connectivity index (χ3v) is 4.19. The second-order valence-corrected chi connectivity index (χ2v) is 6.39. The largest absolute Gasteiger partial charge is 0.452 e. The monoisotopic (exact) mass is 388 g/mol. The van der Waals surface area contributed by atoms with E-state index in [1.165, 1.54) is 0 Å². The van der Waals surface area contributed by atoms with E-state index in [0.29, 0.717) is 11.1 Å². The van der Waals surface area contributed by atoms with E-state index in [0.717, 1.165) is 16.7 Å². The van der Waals surface area contributed by atoms with Crippen molar-refractivity contribution in [3.63, 3.8) is 0 Å². The average Bonchev–Trinajstić information content (AvgIpc) is 2.77. The Balaban J connectivity index is 1.46. The first kappa shape index (κ1) is 19.8. The molecule has 0 spiro atoms. The van der Waals surface area contributed by atoms with Crippen LogP contribution in [-0.4, -0.2) is 24.4 Å². The molecule has 3 aromatic carbocycles. The summed E-state index contributed by atoms with van der Waals surface area (Å²) in [4.78, 5) is 35.8. The van der Waals surface area contributed by atoms with Gasteiger partial charge < -0.3 is 4.74 Å². The zero-order valence-electron chi connectivity index (χ0n) is 15.8. The van der Waals surface area contributed by atoms with Gasteiger partial charge in [0, 0.05) is 5.56 Å². The molecule has 6 nitrogen and oxygen atoms in total. The number of rotatable bonds is 5. The molecule has 0 heterocycles. The predicted octanol–water partition coefficient (Wildman–Crippen LogP) is 3.28. The first-order valence-corrected chi connectivity index (χ1v) is 9.01. The normalized spacial score (nSPS) is 10.1. The minimum Gasteiger partial charge on any atom is -0.452 e. The third-order valence-electron chi connectivity index (χ3n) is 4.19. The number of nitrogens with one attached hydrogen (secondary N) is 2.